The molecule has 0 aliphatic carbocycles. The third kappa shape index (κ3) is 3.30. The lowest BCUT2D eigenvalue weighted by Gasteiger charge is -2.02. The Kier molecular flexibility index (Phi) is 3.83. The maximum Gasteiger partial charge on any atom is 0.374 e. The quantitative estimate of drug-likeness (QED) is 0.615. The second kappa shape index (κ2) is 4.91. The van der Waals surface area contributed by atoms with E-state index in [4.69, 9.17) is 4.74 Å². The van der Waals surface area contributed by atoms with E-state index in [0.29, 0.717) is 0 Å². The largest absolute Gasteiger partial charge is 0.455 e. The number of benzene rings is 1. The number of ketones is 1. The van der Waals surface area contributed by atoms with E-state index in [1.165, 1.54) is 6.92 Å². The van der Waals surface area contributed by atoms with Crippen LogP contribution in [0.15, 0.2) is 28.7 Å². The minimum absolute atomic E-state index is 0.131. The predicted octanol–water partition coefficient (Wildman–Crippen LogP) is 2.08. The third-order valence-corrected chi connectivity index (χ3v) is 2.10. The van der Waals surface area contributed by atoms with Crippen LogP contribution < -0.4 is 0 Å². The van der Waals surface area contributed by atoms with Gasteiger partial charge in [0.2, 0.25) is 5.78 Å². The molecule has 74 valence electrons. The molecule has 0 aromatic heterocycles. The average Bonchev–Trinajstić information content (AvgIpc) is 2.16. The van der Waals surface area contributed by atoms with Gasteiger partial charge in [-0.15, -0.1) is 0 Å². The zero-order chi connectivity index (χ0) is 10.6. The van der Waals surface area contributed by atoms with Gasteiger partial charge in [-0.25, -0.2) is 4.79 Å². The predicted molar refractivity (Wildman–Crippen MR) is 54.6 cm³/mol. The summed E-state index contributed by atoms with van der Waals surface area (Å²) in [6.07, 6.45) is 0. The van der Waals surface area contributed by atoms with Gasteiger partial charge in [0.15, 0.2) is 0 Å². The highest BCUT2D eigenvalue weighted by molar-refractivity contribution is 9.10. The van der Waals surface area contributed by atoms with Gasteiger partial charge in [-0.2, -0.15) is 0 Å². The van der Waals surface area contributed by atoms with Gasteiger partial charge in [0, 0.05) is 11.4 Å². The number of Topliss-reactive ketones (excluding diaryl/α,β-unsaturated/α-hetero) is 1. The molecule has 0 spiro atoms. The summed E-state index contributed by atoms with van der Waals surface area (Å²) in [7, 11) is 0. The van der Waals surface area contributed by atoms with Crippen LogP contribution in [0.1, 0.15) is 12.5 Å². The van der Waals surface area contributed by atoms with Crippen LogP contribution in [0.25, 0.3) is 0 Å². The summed E-state index contributed by atoms with van der Waals surface area (Å²) in [4.78, 5) is 21.3. The van der Waals surface area contributed by atoms with Crippen molar-refractivity contribution in [2.75, 3.05) is 0 Å². The minimum atomic E-state index is -0.798. The van der Waals surface area contributed by atoms with Crippen molar-refractivity contribution in [2.24, 2.45) is 0 Å². The van der Waals surface area contributed by atoms with Crippen LogP contribution in [-0.4, -0.2) is 11.8 Å². The first-order chi connectivity index (χ1) is 6.59. The van der Waals surface area contributed by atoms with Crippen LogP contribution in [0.3, 0.4) is 0 Å². The molecular formula is C10H9BrO3. The fraction of sp³-hybridized carbons (Fsp3) is 0.200. The number of hydrogen-bond donors (Lipinski definition) is 0. The Labute approximate surface area is 90.2 Å². The lowest BCUT2D eigenvalue weighted by Crippen LogP contribution is -2.13. The molecule has 14 heavy (non-hydrogen) atoms. The van der Waals surface area contributed by atoms with Crippen molar-refractivity contribution in [3.8, 4) is 0 Å². The van der Waals surface area contributed by atoms with Gasteiger partial charge in [-0.05, 0) is 17.7 Å². The van der Waals surface area contributed by atoms with Gasteiger partial charge in [-0.3, -0.25) is 4.79 Å². The maximum atomic E-state index is 10.8. The molecule has 0 radical (unpaired) electrons. The first-order valence-corrected chi connectivity index (χ1v) is 4.81. The lowest BCUT2D eigenvalue weighted by molar-refractivity contribution is -0.153. The smallest absolute Gasteiger partial charge is 0.374 e. The van der Waals surface area contributed by atoms with E-state index in [2.05, 4.69) is 15.9 Å². The number of carbonyl (C=O) groups is 2. The molecule has 1 rings (SSSR count). The molecule has 0 fully saturated rings. The molecule has 1 aromatic carbocycles. The van der Waals surface area contributed by atoms with Crippen LogP contribution in [0.2, 0.25) is 0 Å². The zero-order valence-electron chi connectivity index (χ0n) is 7.62. The fourth-order valence-electron chi connectivity index (χ4n) is 0.831. The molecule has 0 heterocycles. The number of ether oxygens (including phenoxy) is 1. The minimum Gasteiger partial charge on any atom is -0.455 e. The molecule has 0 saturated carbocycles. The van der Waals surface area contributed by atoms with Crippen molar-refractivity contribution >= 4 is 27.7 Å². The number of carbonyl (C=O) groups excluding carboxylic acids is 2. The van der Waals surface area contributed by atoms with E-state index in [-0.39, 0.29) is 6.61 Å². The lowest BCUT2D eigenvalue weighted by atomic mass is 10.2. The van der Waals surface area contributed by atoms with E-state index in [0.717, 1.165) is 10.0 Å². The second-order valence-electron chi connectivity index (χ2n) is 2.76. The van der Waals surface area contributed by atoms with Crippen molar-refractivity contribution in [1.29, 1.82) is 0 Å². The van der Waals surface area contributed by atoms with Crippen molar-refractivity contribution < 1.29 is 14.3 Å². The highest BCUT2D eigenvalue weighted by Crippen LogP contribution is 2.11. The average molecular weight is 257 g/mol. The van der Waals surface area contributed by atoms with Gasteiger partial charge in [0.1, 0.15) is 6.61 Å². The highest BCUT2D eigenvalue weighted by atomic mass is 79.9. The summed E-state index contributed by atoms with van der Waals surface area (Å²) >= 11 is 3.29. The Hall–Kier alpha value is -1.16. The first kappa shape index (κ1) is 10.9. The molecule has 0 saturated heterocycles. The normalized spacial score (nSPS) is 9.57. The molecule has 0 N–H and O–H groups in total. The Bertz CT molecular complexity index is 343. The Balaban J connectivity index is 2.50. The number of hydrogen-bond acceptors (Lipinski definition) is 3. The van der Waals surface area contributed by atoms with E-state index in [1.807, 2.05) is 24.3 Å². The van der Waals surface area contributed by atoms with Crippen molar-refractivity contribution in [1.82, 2.24) is 0 Å². The van der Waals surface area contributed by atoms with E-state index in [9.17, 15) is 9.59 Å². The van der Waals surface area contributed by atoms with Crippen molar-refractivity contribution in [3.63, 3.8) is 0 Å². The molecular weight excluding hydrogens is 248 g/mol. The molecule has 0 bridgehead atoms. The molecule has 0 unspecified atom stereocenters. The zero-order valence-corrected chi connectivity index (χ0v) is 9.21. The Morgan fingerprint density at radius 1 is 1.29 bits per heavy atom. The molecule has 4 heteroatoms. The molecule has 0 atom stereocenters. The molecule has 1 aromatic rings. The molecule has 0 aliphatic rings. The summed E-state index contributed by atoms with van der Waals surface area (Å²) in [5.41, 5.74) is 0.850. The first-order valence-electron chi connectivity index (χ1n) is 4.01. The Morgan fingerprint density at radius 3 is 2.36 bits per heavy atom. The topological polar surface area (TPSA) is 43.4 Å². The molecule has 0 amide bonds. The standard InChI is InChI=1S/C10H9BrO3/c1-7(12)10(13)14-6-8-2-4-9(11)5-3-8/h2-5H,6H2,1H3. The molecule has 0 aliphatic heterocycles. The fourth-order valence-corrected chi connectivity index (χ4v) is 1.10. The number of halogens is 1. The van der Waals surface area contributed by atoms with Crippen LogP contribution in [0.4, 0.5) is 0 Å². The van der Waals surface area contributed by atoms with Gasteiger partial charge in [0.25, 0.3) is 0 Å². The van der Waals surface area contributed by atoms with Crippen LogP contribution in [-0.2, 0) is 20.9 Å². The third-order valence-electron chi connectivity index (χ3n) is 1.57. The van der Waals surface area contributed by atoms with Crippen LogP contribution in [0.5, 0.6) is 0 Å². The highest BCUT2D eigenvalue weighted by Gasteiger charge is 2.08. The van der Waals surface area contributed by atoms with Crippen molar-refractivity contribution in [3.05, 3.63) is 34.3 Å². The van der Waals surface area contributed by atoms with E-state index >= 15 is 0 Å². The number of esters is 1. The van der Waals surface area contributed by atoms with Gasteiger partial charge < -0.3 is 4.74 Å². The Morgan fingerprint density at radius 2 is 1.86 bits per heavy atom. The summed E-state index contributed by atoms with van der Waals surface area (Å²) < 4.78 is 5.68. The van der Waals surface area contributed by atoms with Crippen LogP contribution in [0, 0.1) is 0 Å². The monoisotopic (exact) mass is 256 g/mol. The van der Waals surface area contributed by atoms with Gasteiger partial charge in [-0.1, -0.05) is 28.1 Å². The van der Waals surface area contributed by atoms with E-state index < -0.39 is 11.8 Å². The summed E-state index contributed by atoms with van der Waals surface area (Å²) in [6, 6.07) is 7.32. The summed E-state index contributed by atoms with van der Waals surface area (Å²) in [5, 5.41) is 0. The summed E-state index contributed by atoms with van der Waals surface area (Å²) in [5.74, 6) is -1.38. The van der Waals surface area contributed by atoms with Crippen LogP contribution >= 0.6 is 15.9 Å². The van der Waals surface area contributed by atoms with E-state index in [1.54, 1.807) is 0 Å². The number of rotatable bonds is 3. The van der Waals surface area contributed by atoms with Gasteiger partial charge in [0.05, 0.1) is 0 Å². The molecule has 3 nitrogen and oxygen atoms in total. The van der Waals surface area contributed by atoms with Gasteiger partial charge >= 0.3 is 5.97 Å². The second-order valence-corrected chi connectivity index (χ2v) is 3.67. The summed E-state index contributed by atoms with van der Waals surface area (Å²) in [6.45, 7) is 1.32. The maximum absolute atomic E-state index is 10.8. The SMILES string of the molecule is CC(=O)C(=O)OCc1ccc(Br)cc1. The van der Waals surface area contributed by atoms with Crippen molar-refractivity contribution in [2.45, 2.75) is 13.5 Å².